The molecular formula is C30H29Cl2N5O4. The van der Waals surface area contributed by atoms with Crippen LogP contribution in [0, 0.1) is 5.41 Å². The molecule has 0 saturated carbocycles. The van der Waals surface area contributed by atoms with Gasteiger partial charge >= 0.3 is 5.97 Å². The fourth-order valence-electron chi connectivity index (χ4n) is 5.17. The van der Waals surface area contributed by atoms with Gasteiger partial charge in [0.2, 0.25) is 0 Å². The number of amides is 1. The van der Waals surface area contributed by atoms with Gasteiger partial charge in [0.05, 0.1) is 46.7 Å². The van der Waals surface area contributed by atoms with Crippen LogP contribution in [0.1, 0.15) is 31.8 Å². The van der Waals surface area contributed by atoms with Crippen LogP contribution in [0.3, 0.4) is 0 Å². The van der Waals surface area contributed by atoms with Crippen LogP contribution in [0.4, 0.5) is 11.4 Å². The summed E-state index contributed by atoms with van der Waals surface area (Å²) in [7, 11) is 1.73. The predicted octanol–water partition coefficient (Wildman–Crippen LogP) is 5.43. The van der Waals surface area contributed by atoms with Crippen molar-refractivity contribution in [2.75, 3.05) is 50.2 Å². The number of morpholine rings is 1. The van der Waals surface area contributed by atoms with Crippen LogP contribution in [0.5, 0.6) is 0 Å². The van der Waals surface area contributed by atoms with Crippen molar-refractivity contribution in [3.05, 3.63) is 87.0 Å². The van der Waals surface area contributed by atoms with E-state index in [1.54, 1.807) is 36.3 Å². The van der Waals surface area contributed by atoms with E-state index in [1.165, 1.54) is 6.21 Å². The number of fused-ring (bicyclic) bond motifs is 1. The monoisotopic (exact) mass is 593 g/mol. The number of nitrogens with zero attached hydrogens (tertiary/aromatic N) is 2. The third-order valence-electron chi connectivity index (χ3n) is 7.18. The summed E-state index contributed by atoms with van der Waals surface area (Å²) in [5, 5.41) is 24.1. The Bertz CT molecular complexity index is 1530. The molecule has 1 saturated heterocycles. The molecule has 3 aromatic carbocycles. The molecule has 2 aliphatic rings. The number of carbonyl (C=O) groups is 2. The molecule has 212 valence electrons. The molecule has 3 aromatic rings. The molecule has 41 heavy (non-hydrogen) atoms. The molecule has 2 aliphatic heterocycles. The Morgan fingerprint density at radius 2 is 1.83 bits per heavy atom. The van der Waals surface area contributed by atoms with E-state index in [4.69, 9.17) is 33.3 Å². The second-order valence-electron chi connectivity index (χ2n) is 9.66. The summed E-state index contributed by atoms with van der Waals surface area (Å²) >= 11 is 13.1. The van der Waals surface area contributed by atoms with E-state index in [2.05, 4.69) is 10.6 Å². The Balaban J connectivity index is 1.44. The minimum atomic E-state index is -0.974. The summed E-state index contributed by atoms with van der Waals surface area (Å²) in [6.45, 7) is 2.88. The van der Waals surface area contributed by atoms with E-state index in [0.29, 0.717) is 49.7 Å². The van der Waals surface area contributed by atoms with E-state index in [9.17, 15) is 14.7 Å². The number of hydrogen-bond acceptors (Lipinski definition) is 7. The molecule has 0 unspecified atom stereocenters. The van der Waals surface area contributed by atoms with Crippen LogP contribution in [0.2, 0.25) is 10.0 Å². The first-order chi connectivity index (χ1) is 19.8. The van der Waals surface area contributed by atoms with E-state index in [1.807, 2.05) is 35.2 Å². The number of carboxylic acid groups (broad SMARTS) is 1. The van der Waals surface area contributed by atoms with Crippen molar-refractivity contribution in [1.29, 1.82) is 5.41 Å². The van der Waals surface area contributed by atoms with Gasteiger partial charge in [-0.05, 0) is 41.0 Å². The standard InChI is InChI=1S/C30H29Cl2N5O4/c1-34-15-21(14-33)20-11-24(31)27(25(32)12-20)29(38)37-16-19-3-2-4-22(28(19)35-17-37)18-5-6-23(30(39)40)26(13-18)36-7-9-41-10-8-36/h2-6,11-15,33-35H,7-10,16-17H2,1H3,(H,39,40)/b21-15+,33-14?. The summed E-state index contributed by atoms with van der Waals surface area (Å²) in [5.74, 6) is -1.29. The maximum absolute atomic E-state index is 13.6. The molecule has 4 N–H and O–H groups in total. The highest BCUT2D eigenvalue weighted by Crippen LogP contribution is 2.38. The van der Waals surface area contributed by atoms with Crippen molar-refractivity contribution in [3.8, 4) is 11.1 Å². The molecule has 0 aliphatic carbocycles. The quantitative estimate of drug-likeness (QED) is 0.270. The number of ether oxygens (including phenoxy) is 1. The Labute approximate surface area is 247 Å². The van der Waals surface area contributed by atoms with E-state index < -0.39 is 5.97 Å². The van der Waals surface area contributed by atoms with Gasteiger partial charge in [0.1, 0.15) is 0 Å². The minimum absolute atomic E-state index is 0.201. The van der Waals surface area contributed by atoms with Gasteiger partial charge in [0.15, 0.2) is 0 Å². The molecule has 0 atom stereocenters. The van der Waals surface area contributed by atoms with Crippen LogP contribution < -0.4 is 15.5 Å². The highest BCUT2D eigenvalue weighted by Gasteiger charge is 2.28. The molecule has 1 fully saturated rings. The number of carbonyl (C=O) groups excluding carboxylic acids is 1. The number of anilines is 2. The maximum Gasteiger partial charge on any atom is 0.337 e. The Morgan fingerprint density at radius 3 is 2.49 bits per heavy atom. The number of hydrogen-bond donors (Lipinski definition) is 4. The number of halogens is 2. The first-order valence-corrected chi connectivity index (χ1v) is 13.8. The summed E-state index contributed by atoms with van der Waals surface area (Å²) < 4.78 is 5.46. The predicted molar refractivity (Wildman–Crippen MR) is 163 cm³/mol. The van der Waals surface area contributed by atoms with Gasteiger partial charge in [-0.25, -0.2) is 4.79 Å². The highest BCUT2D eigenvalue weighted by molar-refractivity contribution is 6.40. The average molecular weight is 594 g/mol. The van der Waals surface area contributed by atoms with Crippen molar-refractivity contribution in [2.24, 2.45) is 0 Å². The largest absolute Gasteiger partial charge is 0.478 e. The normalized spacial score (nSPS) is 15.1. The first-order valence-electron chi connectivity index (χ1n) is 13.0. The van der Waals surface area contributed by atoms with E-state index >= 15 is 0 Å². The lowest BCUT2D eigenvalue weighted by atomic mass is 9.96. The SMILES string of the molecule is CN/C=C(\C=N)c1cc(Cl)c(C(=O)N2CNc3c(cccc3-c3ccc(C(=O)O)c(N4CCOCC4)c3)C2)c(Cl)c1. The molecule has 0 spiro atoms. The Hall–Kier alpha value is -4.05. The summed E-state index contributed by atoms with van der Waals surface area (Å²) in [5.41, 5.74) is 5.88. The van der Waals surface area contributed by atoms with Gasteiger partial charge in [0, 0.05) is 55.9 Å². The molecule has 0 radical (unpaired) electrons. The average Bonchev–Trinajstić information content (AvgIpc) is 2.98. The second kappa shape index (κ2) is 12.2. The third kappa shape index (κ3) is 5.74. The van der Waals surface area contributed by atoms with Crippen LogP contribution in [-0.4, -0.2) is 68.1 Å². The number of carboxylic acids is 1. The fourth-order valence-corrected chi connectivity index (χ4v) is 5.82. The molecular weight excluding hydrogens is 565 g/mol. The molecule has 0 bridgehead atoms. The topological polar surface area (TPSA) is 118 Å². The van der Waals surface area contributed by atoms with Crippen molar-refractivity contribution in [2.45, 2.75) is 6.54 Å². The summed E-state index contributed by atoms with van der Waals surface area (Å²) in [6, 6.07) is 14.5. The maximum atomic E-state index is 13.6. The molecule has 9 nitrogen and oxygen atoms in total. The van der Waals surface area contributed by atoms with Gasteiger partial charge in [-0.2, -0.15) is 0 Å². The van der Waals surface area contributed by atoms with Crippen molar-refractivity contribution >= 4 is 58.2 Å². The smallest absolute Gasteiger partial charge is 0.337 e. The number of allylic oxidation sites excluding steroid dienone is 1. The van der Waals surface area contributed by atoms with Gasteiger partial charge in [-0.15, -0.1) is 0 Å². The van der Waals surface area contributed by atoms with Crippen molar-refractivity contribution in [3.63, 3.8) is 0 Å². The molecule has 2 heterocycles. The molecule has 1 amide bonds. The summed E-state index contributed by atoms with van der Waals surface area (Å²) in [4.78, 5) is 29.2. The number of para-hydroxylation sites is 1. The molecule has 0 aromatic heterocycles. The van der Waals surface area contributed by atoms with E-state index in [-0.39, 0.29) is 33.7 Å². The van der Waals surface area contributed by atoms with Gasteiger partial charge in [0.25, 0.3) is 5.91 Å². The van der Waals surface area contributed by atoms with Gasteiger partial charge < -0.3 is 35.7 Å². The summed E-state index contributed by atoms with van der Waals surface area (Å²) in [6.07, 6.45) is 2.83. The van der Waals surface area contributed by atoms with Crippen LogP contribution in [0.15, 0.2) is 54.7 Å². The zero-order chi connectivity index (χ0) is 29.1. The third-order valence-corrected chi connectivity index (χ3v) is 7.78. The number of rotatable bonds is 7. The molecule has 11 heteroatoms. The highest BCUT2D eigenvalue weighted by atomic mass is 35.5. The van der Waals surface area contributed by atoms with Crippen molar-refractivity contribution in [1.82, 2.24) is 10.2 Å². The lowest BCUT2D eigenvalue weighted by Crippen LogP contribution is -2.39. The molecule has 5 rings (SSSR count). The number of nitrogens with one attached hydrogen (secondary N) is 3. The lowest BCUT2D eigenvalue weighted by molar-refractivity contribution is 0.0695. The zero-order valence-electron chi connectivity index (χ0n) is 22.3. The Morgan fingerprint density at radius 1 is 1.10 bits per heavy atom. The lowest BCUT2D eigenvalue weighted by Gasteiger charge is -2.32. The Kier molecular flexibility index (Phi) is 8.49. The minimum Gasteiger partial charge on any atom is -0.478 e. The second-order valence-corrected chi connectivity index (χ2v) is 10.5. The number of aromatic carboxylic acids is 1. The number of benzene rings is 3. The first kappa shape index (κ1) is 28.5. The van der Waals surface area contributed by atoms with E-state index in [0.717, 1.165) is 22.4 Å². The fraction of sp³-hybridized carbons (Fsp3) is 0.233. The van der Waals surface area contributed by atoms with Crippen LogP contribution in [0.25, 0.3) is 16.7 Å². The van der Waals surface area contributed by atoms with Crippen LogP contribution in [-0.2, 0) is 11.3 Å². The van der Waals surface area contributed by atoms with Gasteiger partial charge in [-0.3, -0.25) is 4.79 Å². The van der Waals surface area contributed by atoms with Gasteiger partial charge in [-0.1, -0.05) is 47.5 Å². The zero-order valence-corrected chi connectivity index (χ0v) is 23.9. The van der Waals surface area contributed by atoms with Crippen molar-refractivity contribution < 1.29 is 19.4 Å². The van der Waals surface area contributed by atoms with Crippen LogP contribution >= 0.6 is 23.2 Å².